The molecule has 1 heterocycles. The molecular formula is C11H19N. The van der Waals surface area contributed by atoms with Crippen LogP contribution in [0.4, 0.5) is 0 Å². The summed E-state index contributed by atoms with van der Waals surface area (Å²) in [6.45, 7) is 10.3. The van der Waals surface area contributed by atoms with Crippen LogP contribution in [0.1, 0.15) is 27.7 Å². The molecule has 1 nitrogen and oxygen atoms in total. The molecule has 0 fully saturated rings. The van der Waals surface area contributed by atoms with Crippen LogP contribution in [0, 0.1) is 11.3 Å². The number of rotatable bonds is 3. The van der Waals surface area contributed by atoms with Crippen molar-refractivity contribution in [3.63, 3.8) is 0 Å². The molecule has 0 amide bonds. The molecule has 0 atom stereocenters. The molecule has 0 saturated heterocycles. The Labute approximate surface area is 75.4 Å². The van der Waals surface area contributed by atoms with Crippen molar-refractivity contribution >= 4 is 0 Å². The standard InChI is InChI=1S/C11H19N/c1-10(2)11(3,4)9-12-7-5-6-8-12/h5-8,10H,9H2,1-4H3. The molecule has 0 saturated carbocycles. The monoisotopic (exact) mass is 165 g/mol. The minimum Gasteiger partial charge on any atom is -0.354 e. The van der Waals surface area contributed by atoms with Crippen molar-refractivity contribution in [3.8, 4) is 0 Å². The lowest BCUT2D eigenvalue weighted by Gasteiger charge is -2.29. The van der Waals surface area contributed by atoms with Gasteiger partial charge in [-0.15, -0.1) is 0 Å². The Bertz CT molecular complexity index is 219. The predicted molar refractivity (Wildman–Crippen MR) is 53.1 cm³/mol. The van der Waals surface area contributed by atoms with Crippen LogP contribution in [0.5, 0.6) is 0 Å². The summed E-state index contributed by atoms with van der Waals surface area (Å²) in [6.07, 6.45) is 4.26. The maximum atomic E-state index is 2.32. The molecule has 0 N–H and O–H groups in total. The highest BCUT2D eigenvalue weighted by Gasteiger charge is 2.22. The Hall–Kier alpha value is -0.720. The average Bonchev–Trinajstić information content (AvgIpc) is 2.38. The normalized spacial score (nSPS) is 12.4. The molecule has 1 aromatic heterocycles. The fraction of sp³-hybridized carbons (Fsp3) is 0.636. The topological polar surface area (TPSA) is 4.93 Å². The molecule has 0 radical (unpaired) electrons. The van der Waals surface area contributed by atoms with Crippen LogP contribution < -0.4 is 0 Å². The largest absolute Gasteiger partial charge is 0.354 e. The van der Waals surface area contributed by atoms with Crippen LogP contribution in [-0.4, -0.2) is 4.57 Å². The van der Waals surface area contributed by atoms with Gasteiger partial charge in [-0.1, -0.05) is 27.7 Å². The molecule has 0 aliphatic heterocycles. The molecule has 0 bridgehead atoms. The average molecular weight is 165 g/mol. The Morgan fingerprint density at radius 2 is 1.67 bits per heavy atom. The van der Waals surface area contributed by atoms with Gasteiger partial charge in [0.05, 0.1) is 0 Å². The summed E-state index contributed by atoms with van der Waals surface area (Å²) < 4.78 is 2.25. The molecule has 1 heteroatoms. The van der Waals surface area contributed by atoms with Crippen molar-refractivity contribution in [3.05, 3.63) is 24.5 Å². The van der Waals surface area contributed by atoms with Crippen LogP contribution >= 0.6 is 0 Å². The van der Waals surface area contributed by atoms with Gasteiger partial charge in [0.2, 0.25) is 0 Å². The minimum atomic E-state index is 0.388. The van der Waals surface area contributed by atoms with Gasteiger partial charge in [-0.3, -0.25) is 0 Å². The first-order valence-electron chi connectivity index (χ1n) is 4.63. The summed E-state index contributed by atoms with van der Waals surface area (Å²) in [4.78, 5) is 0. The first-order valence-corrected chi connectivity index (χ1v) is 4.63. The third kappa shape index (κ3) is 2.13. The highest BCUT2D eigenvalue weighted by Crippen LogP contribution is 2.27. The molecule has 0 unspecified atom stereocenters. The van der Waals surface area contributed by atoms with Crippen molar-refractivity contribution in [1.29, 1.82) is 0 Å². The zero-order valence-corrected chi connectivity index (χ0v) is 8.54. The number of aromatic nitrogens is 1. The van der Waals surface area contributed by atoms with Crippen LogP contribution in [0.25, 0.3) is 0 Å². The second-order valence-corrected chi connectivity index (χ2v) is 4.50. The van der Waals surface area contributed by atoms with E-state index in [-0.39, 0.29) is 0 Å². The summed E-state index contributed by atoms with van der Waals surface area (Å²) in [5.74, 6) is 0.722. The van der Waals surface area contributed by atoms with E-state index in [0.717, 1.165) is 12.5 Å². The minimum absolute atomic E-state index is 0.388. The van der Waals surface area contributed by atoms with Crippen LogP contribution in [-0.2, 0) is 6.54 Å². The smallest absolute Gasteiger partial charge is 0.0273 e. The fourth-order valence-electron chi connectivity index (χ4n) is 1.13. The van der Waals surface area contributed by atoms with Crippen molar-refractivity contribution in [2.45, 2.75) is 34.2 Å². The fourth-order valence-corrected chi connectivity index (χ4v) is 1.13. The molecule has 1 rings (SSSR count). The van der Waals surface area contributed by atoms with Gasteiger partial charge < -0.3 is 4.57 Å². The second kappa shape index (κ2) is 3.34. The van der Waals surface area contributed by atoms with E-state index in [0.29, 0.717) is 5.41 Å². The lowest BCUT2D eigenvalue weighted by atomic mass is 9.81. The zero-order chi connectivity index (χ0) is 9.19. The maximum Gasteiger partial charge on any atom is 0.0273 e. The second-order valence-electron chi connectivity index (χ2n) is 4.50. The van der Waals surface area contributed by atoms with E-state index >= 15 is 0 Å². The summed E-state index contributed by atoms with van der Waals surface area (Å²) in [6, 6.07) is 4.16. The van der Waals surface area contributed by atoms with E-state index in [4.69, 9.17) is 0 Å². The van der Waals surface area contributed by atoms with E-state index in [1.165, 1.54) is 0 Å². The van der Waals surface area contributed by atoms with Gasteiger partial charge in [-0.05, 0) is 23.5 Å². The molecule has 0 aliphatic carbocycles. The van der Waals surface area contributed by atoms with Crippen LogP contribution in [0.2, 0.25) is 0 Å². The predicted octanol–water partition coefficient (Wildman–Crippen LogP) is 3.17. The zero-order valence-electron chi connectivity index (χ0n) is 8.54. The van der Waals surface area contributed by atoms with E-state index in [2.05, 4.69) is 56.8 Å². The van der Waals surface area contributed by atoms with Gasteiger partial charge >= 0.3 is 0 Å². The van der Waals surface area contributed by atoms with E-state index in [1.54, 1.807) is 0 Å². The van der Waals surface area contributed by atoms with Gasteiger partial charge in [0, 0.05) is 18.9 Å². The van der Waals surface area contributed by atoms with Gasteiger partial charge in [-0.25, -0.2) is 0 Å². The molecule has 1 aromatic rings. The van der Waals surface area contributed by atoms with E-state index in [1.807, 2.05) is 0 Å². The summed E-state index contributed by atoms with van der Waals surface area (Å²) in [5, 5.41) is 0. The van der Waals surface area contributed by atoms with Crippen molar-refractivity contribution in [2.75, 3.05) is 0 Å². The summed E-state index contributed by atoms with van der Waals surface area (Å²) in [5.41, 5.74) is 0.388. The molecular weight excluding hydrogens is 146 g/mol. The molecule has 12 heavy (non-hydrogen) atoms. The third-order valence-electron chi connectivity index (χ3n) is 2.82. The van der Waals surface area contributed by atoms with Crippen LogP contribution in [0.3, 0.4) is 0 Å². The first kappa shape index (κ1) is 9.37. The van der Waals surface area contributed by atoms with Crippen molar-refractivity contribution in [2.24, 2.45) is 11.3 Å². The molecule has 0 spiro atoms. The van der Waals surface area contributed by atoms with Crippen molar-refractivity contribution in [1.82, 2.24) is 4.57 Å². The number of hydrogen-bond donors (Lipinski definition) is 0. The van der Waals surface area contributed by atoms with Crippen LogP contribution in [0.15, 0.2) is 24.5 Å². The quantitative estimate of drug-likeness (QED) is 0.648. The van der Waals surface area contributed by atoms with E-state index < -0.39 is 0 Å². The Balaban J connectivity index is 2.62. The molecule has 0 aromatic carbocycles. The first-order chi connectivity index (χ1) is 5.52. The Morgan fingerprint density at radius 1 is 1.17 bits per heavy atom. The number of nitrogens with zero attached hydrogens (tertiary/aromatic N) is 1. The highest BCUT2D eigenvalue weighted by atomic mass is 14.9. The summed E-state index contributed by atoms with van der Waals surface area (Å²) >= 11 is 0. The van der Waals surface area contributed by atoms with Crippen molar-refractivity contribution < 1.29 is 0 Å². The van der Waals surface area contributed by atoms with Gasteiger partial charge in [0.15, 0.2) is 0 Å². The lowest BCUT2D eigenvalue weighted by molar-refractivity contribution is 0.210. The van der Waals surface area contributed by atoms with Gasteiger partial charge in [-0.2, -0.15) is 0 Å². The summed E-state index contributed by atoms with van der Waals surface area (Å²) in [7, 11) is 0. The molecule has 0 aliphatic rings. The van der Waals surface area contributed by atoms with Gasteiger partial charge in [0.25, 0.3) is 0 Å². The SMILES string of the molecule is CC(C)C(C)(C)Cn1cccc1. The highest BCUT2D eigenvalue weighted by molar-refractivity contribution is 4.91. The van der Waals surface area contributed by atoms with E-state index in [9.17, 15) is 0 Å². The Morgan fingerprint density at radius 3 is 2.08 bits per heavy atom. The molecule has 68 valence electrons. The third-order valence-corrected chi connectivity index (χ3v) is 2.82. The Kier molecular flexibility index (Phi) is 2.61. The maximum absolute atomic E-state index is 2.32. The number of hydrogen-bond acceptors (Lipinski definition) is 0. The lowest BCUT2D eigenvalue weighted by Crippen LogP contribution is -2.24. The van der Waals surface area contributed by atoms with Gasteiger partial charge in [0.1, 0.15) is 0 Å².